The van der Waals surface area contributed by atoms with Gasteiger partial charge in [0.2, 0.25) is 10.0 Å². The molecule has 0 aromatic carbocycles. The van der Waals surface area contributed by atoms with Crippen LogP contribution in [0.25, 0.3) is 0 Å². The van der Waals surface area contributed by atoms with E-state index in [2.05, 4.69) is 14.9 Å². The molecule has 6 nitrogen and oxygen atoms in total. The van der Waals surface area contributed by atoms with Crippen molar-refractivity contribution in [1.82, 2.24) is 14.9 Å². The lowest BCUT2D eigenvalue weighted by Crippen LogP contribution is -2.45. The molecule has 0 amide bonds. The van der Waals surface area contributed by atoms with Crippen molar-refractivity contribution in [2.75, 3.05) is 0 Å². The Kier molecular flexibility index (Phi) is 4.52. The molecule has 0 fully saturated rings. The van der Waals surface area contributed by atoms with Gasteiger partial charge in [-0.25, -0.2) is 13.1 Å². The first-order valence-electron chi connectivity index (χ1n) is 6.07. The molecular formula is C11H22N4O2S. The summed E-state index contributed by atoms with van der Waals surface area (Å²) in [6.45, 7) is 7.57. The zero-order valence-corrected chi connectivity index (χ0v) is 12.2. The van der Waals surface area contributed by atoms with Crippen molar-refractivity contribution in [2.45, 2.75) is 57.5 Å². The standard InChI is InChI=1S/C11H22N4O2S/c1-5-11(4,6-2)15-18(16,17)10-8(3)13-14-9(10)7-12/h15H,5-7,12H2,1-4H3,(H,13,14). The second kappa shape index (κ2) is 5.38. The molecule has 1 heterocycles. The van der Waals surface area contributed by atoms with E-state index in [0.29, 0.717) is 11.4 Å². The summed E-state index contributed by atoms with van der Waals surface area (Å²) < 4.78 is 27.5. The molecule has 0 spiro atoms. The Morgan fingerprint density at radius 1 is 1.39 bits per heavy atom. The summed E-state index contributed by atoms with van der Waals surface area (Å²) in [5.41, 5.74) is 5.95. The first kappa shape index (κ1) is 15.1. The summed E-state index contributed by atoms with van der Waals surface area (Å²) in [4.78, 5) is 0.179. The highest BCUT2D eigenvalue weighted by Crippen LogP contribution is 2.22. The minimum Gasteiger partial charge on any atom is -0.325 e. The summed E-state index contributed by atoms with van der Waals surface area (Å²) >= 11 is 0. The fraction of sp³-hybridized carbons (Fsp3) is 0.727. The van der Waals surface area contributed by atoms with Crippen LogP contribution in [-0.2, 0) is 16.6 Å². The van der Waals surface area contributed by atoms with Gasteiger partial charge in [0, 0.05) is 12.1 Å². The van der Waals surface area contributed by atoms with Crippen LogP contribution >= 0.6 is 0 Å². The third kappa shape index (κ3) is 2.90. The number of hydrogen-bond donors (Lipinski definition) is 3. The lowest BCUT2D eigenvalue weighted by atomic mass is 9.98. The van der Waals surface area contributed by atoms with Crippen molar-refractivity contribution < 1.29 is 8.42 Å². The average Bonchev–Trinajstić information content (AvgIpc) is 2.70. The van der Waals surface area contributed by atoms with E-state index in [1.165, 1.54) is 0 Å². The van der Waals surface area contributed by atoms with Crippen LogP contribution in [0.5, 0.6) is 0 Å². The molecule has 0 aliphatic heterocycles. The van der Waals surface area contributed by atoms with Gasteiger partial charge in [-0.15, -0.1) is 0 Å². The normalized spacial score (nSPS) is 12.9. The highest BCUT2D eigenvalue weighted by atomic mass is 32.2. The van der Waals surface area contributed by atoms with Crippen LogP contribution in [0.2, 0.25) is 0 Å². The second-order valence-corrected chi connectivity index (χ2v) is 6.32. The molecule has 1 aromatic rings. The molecular weight excluding hydrogens is 252 g/mol. The number of aromatic amines is 1. The third-order valence-electron chi connectivity index (χ3n) is 3.36. The fourth-order valence-corrected chi connectivity index (χ4v) is 3.66. The molecule has 1 aromatic heterocycles. The van der Waals surface area contributed by atoms with Crippen LogP contribution in [0.1, 0.15) is 45.0 Å². The van der Waals surface area contributed by atoms with Crippen LogP contribution in [0, 0.1) is 6.92 Å². The minimum absolute atomic E-state index is 0.0928. The summed E-state index contributed by atoms with van der Waals surface area (Å²) in [5, 5.41) is 6.58. The monoisotopic (exact) mass is 274 g/mol. The molecule has 7 heteroatoms. The largest absolute Gasteiger partial charge is 0.325 e. The zero-order chi connectivity index (χ0) is 14.0. The Bertz CT molecular complexity index is 503. The third-order valence-corrected chi connectivity index (χ3v) is 5.21. The second-order valence-electron chi connectivity index (χ2n) is 4.70. The summed E-state index contributed by atoms with van der Waals surface area (Å²) in [7, 11) is -3.60. The topological polar surface area (TPSA) is 101 Å². The minimum atomic E-state index is -3.60. The number of nitrogens with zero attached hydrogens (tertiary/aromatic N) is 1. The zero-order valence-electron chi connectivity index (χ0n) is 11.4. The predicted octanol–water partition coefficient (Wildman–Crippen LogP) is 1.03. The van der Waals surface area contributed by atoms with E-state index < -0.39 is 15.6 Å². The van der Waals surface area contributed by atoms with Crippen LogP contribution in [0.15, 0.2) is 4.90 Å². The Morgan fingerprint density at radius 3 is 2.39 bits per heavy atom. The summed E-state index contributed by atoms with van der Waals surface area (Å²) in [6, 6.07) is 0. The molecule has 1 rings (SSSR count). The van der Waals surface area contributed by atoms with Crippen molar-refractivity contribution in [1.29, 1.82) is 0 Å². The number of nitrogens with two attached hydrogens (primary N) is 1. The summed E-state index contributed by atoms with van der Waals surface area (Å²) in [5.74, 6) is 0. The van der Waals surface area contributed by atoms with Gasteiger partial charge in [-0.3, -0.25) is 5.10 Å². The van der Waals surface area contributed by atoms with Crippen LogP contribution in [-0.4, -0.2) is 24.2 Å². The quantitative estimate of drug-likeness (QED) is 0.721. The van der Waals surface area contributed by atoms with Crippen molar-refractivity contribution in [3.05, 3.63) is 11.4 Å². The molecule has 0 aliphatic carbocycles. The number of aromatic nitrogens is 2. The highest BCUT2D eigenvalue weighted by Gasteiger charge is 2.31. The van der Waals surface area contributed by atoms with Crippen LogP contribution < -0.4 is 10.5 Å². The van der Waals surface area contributed by atoms with Gasteiger partial charge in [-0.2, -0.15) is 5.10 Å². The van der Waals surface area contributed by atoms with Gasteiger partial charge in [0.1, 0.15) is 4.90 Å². The lowest BCUT2D eigenvalue weighted by Gasteiger charge is -2.27. The molecule has 0 bridgehead atoms. The Morgan fingerprint density at radius 2 is 1.94 bits per heavy atom. The van der Waals surface area contributed by atoms with E-state index in [1.54, 1.807) is 6.92 Å². The van der Waals surface area contributed by atoms with Crippen LogP contribution in [0.4, 0.5) is 0 Å². The first-order valence-corrected chi connectivity index (χ1v) is 7.56. The number of sulfonamides is 1. The van der Waals surface area contributed by atoms with Gasteiger partial charge in [-0.05, 0) is 26.7 Å². The van der Waals surface area contributed by atoms with E-state index in [-0.39, 0.29) is 11.4 Å². The smallest absolute Gasteiger partial charge is 0.244 e. The van der Waals surface area contributed by atoms with Gasteiger partial charge in [-0.1, -0.05) is 13.8 Å². The van der Waals surface area contributed by atoms with E-state index in [9.17, 15) is 8.42 Å². The van der Waals surface area contributed by atoms with Crippen molar-refractivity contribution in [3.63, 3.8) is 0 Å². The molecule has 104 valence electrons. The first-order chi connectivity index (χ1) is 8.29. The number of nitrogens with one attached hydrogen (secondary N) is 2. The maximum absolute atomic E-state index is 12.4. The molecule has 4 N–H and O–H groups in total. The van der Waals surface area contributed by atoms with Crippen molar-refractivity contribution >= 4 is 10.0 Å². The van der Waals surface area contributed by atoms with Gasteiger partial charge in [0.15, 0.2) is 0 Å². The van der Waals surface area contributed by atoms with Crippen LogP contribution in [0.3, 0.4) is 0 Å². The lowest BCUT2D eigenvalue weighted by molar-refractivity contribution is 0.388. The molecule has 0 radical (unpaired) electrons. The number of rotatable bonds is 6. The highest BCUT2D eigenvalue weighted by molar-refractivity contribution is 7.89. The number of hydrogen-bond acceptors (Lipinski definition) is 4. The van der Waals surface area contributed by atoms with Gasteiger partial charge in [0.05, 0.1) is 11.4 Å². The molecule has 0 aliphatic rings. The van der Waals surface area contributed by atoms with Crippen molar-refractivity contribution in [2.24, 2.45) is 5.73 Å². The maximum atomic E-state index is 12.4. The predicted molar refractivity (Wildman–Crippen MR) is 70.5 cm³/mol. The van der Waals surface area contributed by atoms with E-state index in [0.717, 1.165) is 12.8 Å². The Hall–Kier alpha value is -0.920. The van der Waals surface area contributed by atoms with Crippen molar-refractivity contribution in [3.8, 4) is 0 Å². The van der Waals surface area contributed by atoms with Gasteiger partial charge >= 0.3 is 0 Å². The SMILES string of the molecule is CCC(C)(CC)NS(=O)(=O)c1c(CN)n[nH]c1C. The van der Waals surface area contributed by atoms with Gasteiger partial charge < -0.3 is 5.73 Å². The molecule has 18 heavy (non-hydrogen) atoms. The fourth-order valence-electron chi connectivity index (χ4n) is 1.73. The van der Waals surface area contributed by atoms with Gasteiger partial charge in [0.25, 0.3) is 0 Å². The molecule has 0 saturated heterocycles. The summed E-state index contributed by atoms with van der Waals surface area (Å²) in [6.07, 6.45) is 1.44. The Labute approximate surface area is 108 Å². The average molecular weight is 274 g/mol. The van der Waals surface area contributed by atoms with E-state index in [4.69, 9.17) is 5.73 Å². The number of H-pyrrole nitrogens is 1. The van der Waals surface area contributed by atoms with E-state index >= 15 is 0 Å². The molecule has 0 unspecified atom stereocenters. The maximum Gasteiger partial charge on any atom is 0.244 e. The Balaban J connectivity index is 3.18. The molecule has 0 atom stereocenters. The van der Waals surface area contributed by atoms with E-state index in [1.807, 2.05) is 20.8 Å². The number of aryl methyl sites for hydroxylation is 1. The molecule has 0 saturated carbocycles.